The first kappa shape index (κ1) is 8.33. The van der Waals surface area contributed by atoms with Gasteiger partial charge >= 0.3 is 0 Å². The third-order valence-electron chi connectivity index (χ3n) is 1.59. The van der Waals surface area contributed by atoms with Crippen LogP contribution in [0.15, 0.2) is 18.2 Å². The minimum atomic E-state index is -0.154. The summed E-state index contributed by atoms with van der Waals surface area (Å²) in [5.74, 6) is 2.39. The van der Waals surface area contributed by atoms with Gasteiger partial charge in [0.2, 0.25) is 0 Å². The lowest BCUT2D eigenvalue weighted by atomic mass is 10.0. The highest BCUT2D eigenvalue weighted by Gasteiger charge is 2.03. The van der Waals surface area contributed by atoms with Crippen LogP contribution in [-0.4, -0.2) is 5.11 Å². The molecule has 0 unspecified atom stereocenters. The van der Waals surface area contributed by atoms with Gasteiger partial charge in [0.25, 0.3) is 0 Å². The van der Waals surface area contributed by atoms with Crippen LogP contribution in [0.1, 0.15) is 16.7 Å². The molecule has 0 fully saturated rings. The second-order valence-corrected chi connectivity index (χ2v) is 2.25. The van der Waals surface area contributed by atoms with Crippen molar-refractivity contribution in [2.24, 2.45) is 0 Å². The largest absolute Gasteiger partial charge is 0.392 e. The maximum atomic E-state index is 8.85. The van der Waals surface area contributed by atoms with E-state index in [1.165, 1.54) is 0 Å². The van der Waals surface area contributed by atoms with Gasteiger partial charge < -0.3 is 5.11 Å². The summed E-state index contributed by atoms with van der Waals surface area (Å²) in [6.45, 7) is -0.154. The predicted molar refractivity (Wildman–Crippen MR) is 45.0 cm³/mol. The summed E-state index contributed by atoms with van der Waals surface area (Å²) in [5.41, 5.74) is 1.50. The summed E-state index contributed by atoms with van der Waals surface area (Å²) < 4.78 is 0. The molecule has 0 heterocycles. The first-order valence-electron chi connectivity index (χ1n) is 3.43. The lowest BCUT2D eigenvalue weighted by Crippen LogP contribution is -1.92. The van der Waals surface area contributed by atoms with E-state index >= 15 is 0 Å². The molecule has 0 spiro atoms. The highest BCUT2D eigenvalue weighted by molar-refractivity contribution is 5.51. The van der Waals surface area contributed by atoms with Crippen molar-refractivity contribution in [2.75, 3.05) is 0 Å². The Hall–Kier alpha value is -1.77. The molecule has 0 radical (unpaired) electrons. The number of aliphatic hydroxyl groups excluding tert-OH is 1. The van der Waals surface area contributed by atoms with Crippen LogP contribution in [0.2, 0.25) is 0 Å². The molecule has 0 saturated carbocycles. The van der Waals surface area contributed by atoms with Crippen molar-refractivity contribution in [3.05, 3.63) is 34.9 Å². The van der Waals surface area contributed by atoms with Crippen LogP contribution in [0, 0.1) is 23.7 Å². The molecular weight excluding hydrogens is 150 g/mol. The Morgan fingerprint density at radius 3 is 2.75 bits per heavy atom. The number of nitriles is 1. The smallest absolute Gasteiger partial charge is 0.101 e. The number of hydrogen-bond donors (Lipinski definition) is 1. The van der Waals surface area contributed by atoms with E-state index in [4.69, 9.17) is 16.8 Å². The third-order valence-corrected chi connectivity index (χ3v) is 1.59. The van der Waals surface area contributed by atoms with Gasteiger partial charge in [-0.05, 0) is 11.6 Å². The number of rotatable bonds is 1. The molecule has 0 bridgehead atoms. The first-order valence-corrected chi connectivity index (χ1v) is 3.43. The summed E-state index contributed by atoms with van der Waals surface area (Å²) in [6, 6.07) is 7.05. The average Bonchev–Trinajstić information content (AvgIpc) is 2.16. The quantitative estimate of drug-likeness (QED) is 0.619. The number of nitrogens with zero attached hydrogens (tertiary/aromatic N) is 1. The SMILES string of the molecule is C#Cc1cccc(CO)c1C#N. The topological polar surface area (TPSA) is 44.0 Å². The van der Waals surface area contributed by atoms with E-state index in [-0.39, 0.29) is 6.61 Å². The summed E-state index contributed by atoms with van der Waals surface area (Å²) in [7, 11) is 0. The summed E-state index contributed by atoms with van der Waals surface area (Å²) in [5, 5.41) is 17.6. The van der Waals surface area contributed by atoms with Crippen molar-refractivity contribution in [1.82, 2.24) is 0 Å². The van der Waals surface area contributed by atoms with Gasteiger partial charge in [-0.3, -0.25) is 0 Å². The van der Waals surface area contributed by atoms with Crippen LogP contribution in [0.5, 0.6) is 0 Å². The molecule has 1 aromatic carbocycles. The second kappa shape index (κ2) is 3.57. The zero-order valence-corrected chi connectivity index (χ0v) is 6.41. The number of terminal acetylenes is 1. The minimum Gasteiger partial charge on any atom is -0.392 e. The Labute approximate surface area is 71.1 Å². The van der Waals surface area contributed by atoms with Gasteiger partial charge in [0.05, 0.1) is 12.2 Å². The molecule has 0 aromatic heterocycles. The molecule has 1 N–H and O–H groups in total. The lowest BCUT2D eigenvalue weighted by Gasteiger charge is -2.00. The van der Waals surface area contributed by atoms with Gasteiger partial charge in [0.15, 0.2) is 0 Å². The maximum Gasteiger partial charge on any atom is 0.101 e. The average molecular weight is 157 g/mol. The van der Waals surface area contributed by atoms with E-state index in [0.29, 0.717) is 16.7 Å². The molecule has 0 atom stereocenters. The van der Waals surface area contributed by atoms with Crippen LogP contribution in [0.3, 0.4) is 0 Å². The number of benzene rings is 1. The standard InChI is InChI=1S/C10H7NO/c1-2-8-4-3-5-9(7-12)10(8)6-11/h1,3-5,12H,7H2. The third kappa shape index (κ3) is 1.29. The first-order chi connectivity index (χ1) is 5.83. The normalized spacial score (nSPS) is 8.58. The van der Waals surface area contributed by atoms with Crippen LogP contribution in [-0.2, 0) is 6.61 Å². The van der Waals surface area contributed by atoms with Gasteiger partial charge in [0, 0.05) is 5.56 Å². The molecule has 1 aromatic rings. The van der Waals surface area contributed by atoms with E-state index < -0.39 is 0 Å². The van der Waals surface area contributed by atoms with E-state index in [1.807, 2.05) is 6.07 Å². The molecule has 2 heteroatoms. The van der Waals surface area contributed by atoms with E-state index in [0.717, 1.165) is 0 Å². The van der Waals surface area contributed by atoms with E-state index in [9.17, 15) is 0 Å². The molecule has 58 valence electrons. The molecule has 0 aliphatic heterocycles. The van der Waals surface area contributed by atoms with Crippen LogP contribution in [0.25, 0.3) is 0 Å². The fourth-order valence-electron chi connectivity index (χ4n) is 0.984. The minimum absolute atomic E-state index is 0.154. The van der Waals surface area contributed by atoms with Gasteiger partial charge in [-0.25, -0.2) is 0 Å². The zero-order chi connectivity index (χ0) is 8.97. The van der Waals surface area contributed by atoms with E-state index in [2.05, 4.69) is 5.92 Å². The fraction of sp³-hybridized carbons (Fsp3) is 0.100. The van der Waals surface area contributed by atoms with E-state index in [1.54, 1.807) is 18.2 Å². The van der Waals surface area contributed by atoms with Crippen LogP contribution < -0.4 is 0 Å². The van der Waals surface area contributed by atoms with Crippen molar-refractivity contribution >= 4 is 0 Å². The second-order valence-electron chi connectivity index (χ2n) is 2.25. The highest BCUT2D eigenvalue weighted by Crippen LogP contribution is 2.12. The predicted octanol–water partition coefficient (Wildman–Crippen LogP) is 1.03. The van der Waals surface area contributed by atoms with Crippen molar-refractivity contribution in [3.63, 3.8) is 0 Å². The Bertz CT molecular complexity index is 368. The Morgan fingerprint density at radius 1 is 1.50 bits per heavy atom. The van der Waals surface area contributed by atoms with Crippen molar-refractivity contribution in [3.8, 4) is 18.4 Å². The van der Waals surface area contributed by atoms with Crippen LogP contribution in [0.4, 0.5) is 0 Å². The number of aliphatic hydroxyl groups is 1. The van der Waals surface area contributed by atoms with Crippen molar-refractivity contribution in [1.29, 1.82) is 5.26 Å². The van der Waals surface area contributed by atoms with Gasteiger partial charge in [-0.2, -0.15) is 5.26 Å². The summed E-state index contributed by atoms with van der Waals surface area (Å²) in [4.78, 5) is 0. The maximum absolute atomic E-state index is 8.85. The lowest BCUT2D eigenvalue weighted by molar-refractivity contribution is 0.281. The van der Waals surface area contributed by atoms with Crippen molar-refractivity contribution < 1.29 is 5.11 Å². The Kier molecular flexibility index (Phi) is 2.48. The molecule has 12 heavy (non-hydrogen) atoms. The Balaban J connectivity index is 3.37. The monoisotopic (exact) mass is 157 g/mol. The van der Waals surface area contributed by atoms with Crippen LogP contribution >= 0.6 is 0 Å². The van der Waals surface area contributed by atoms with Gasteiger partial charge in [0.1, 0.15) is 6.07 Å². The molecule has 0 aliphatic carbocycles. The summed E-state index contributed by atoms with van der Waals surface area (Å²) in [6.07, 6.45) is 5.17. The number of hydrogen-bond acceptors (Lipinski definition) is 2. The molecule has 0 aliphatic rings. The Morgan fingerprint density at radius 2 is 2.25 bits per heavy atom. The van der Waals surface area contributed by atoms with Crippen molar-refractivity contribution in [2.45, 2.75) is 6.61 Å². The van der Waals surface area contributed by atoms with Gasteiger partial charge in [-0.1, -0.05) is 18.1 Å². The molecule has 0 saturated heterocycles. The fourth-order valence-corrected chi connectivity index (χ4v) is 0.984. The highest BCUT2D eigenvalue weighted by atomic mass is 16.3. The molecular formula is C10H7NO. The summed E-state index contributed by atoms with van der Waals surface area (Å²) >= 11 is 0. The molecule has 1 rings (SSSR count). The van der Waals surface area contributed by atoms with Gasteiger partial charge in [-0.15, -0.1) is 6.42 Å². The molecule has 2 nitrogen and oxygen atoms in total. The molecule has 0 amide bonds. The zero-order valence-electron chi connectivity index (χ0n) is 6.41.